The first-order valence-electron chi connectivity index (χ1n) is 7.90. The van der Waals surface area contributed by atoms with Crippen LogP contribution in [0.4, 0.5) is 0 Å². The number of ether oxygens (including phenoxy) is 1. The van der Waals surface area contributed by atoms with Crippen LogP contribution in [-0.4, -0.2) is 41.4 Å². The molecule has 1 aliphatic rings. The van der Waals surface area contributed by atoms with Crippen LogP contribution in [0.1, 0.15) is 23.4 Å². The van der Waals surface area contributed by atoms with Gasteiger partial charge in [-0.2, -0.15) is 0 Å². The van der Waals surface area contributed by atoms with Gasteiger partial charge in [0.25, 0.3) is 0 Å². The molecule has 2 heterocycles. The first kappa shape index (κ1) is 16.1. The lowest BCUT2D eigenvalue weighted by Gasteiger charge is -2.22. The zero-order valence-electron chi connectivity index (χ0n) is 13.6. The summed E-state index contributed by atoms with van der Waals surface area (Å²) < 4.78 is 7.29. The van der Waals surface area contributed by atoms with Crippen molar-refractivity contribution in [2.75, 3.05) is 26.0 Å². The van der Waals surface area contributed by atoms with E-state index in [1.807, 2.05) is 4.90 Å². The summed E-state index contributed by atoms with van der Waals surface area (Å²) in [7, 11) is 1.67. The van der Waals surface area contributed by atoms with Crippen LogP contribution in [0.15, 0.2) is 42.7 Å². The van der Waals surface area contributed by atoms with E-state index in [4.69, 9.17) is 4.74 Å². The molecule has 1 saturated heterocycles. The Morgan fingerprint density at radius 2 is 2.13 bits per heavy atom. The molecule has 0 aliphatic carbocycles. The van der Waals surface area contributed by atoms with Gasteiger partial charge in [0, 0.05) is 37.3 Å². The number of benzene rings is 1. The number of nitrogens with zero attached hydrogens (tertiary/aromatic N) is 2. The Morgan fingerprint density at radius 1 is 1.30 bits per heavy atom. The topological polar surface area (TPSA) is 34.5 Å². The highest BCUT2D eigenvalue weighted by atomic mass is 32.2. The van der Waals surface area contributed by atoms with E-state index >= 15 is 0 Å². The van der Waals surface area contributed by atoms with Gasteiger partial charge in [0.15, 0.2) is 0 Å². The molecule has 5 heteroatoms. The van der Waals surface area contributed by atoms with Crippen LogP contribution in [0.25, 0.3) is 5.69 Å². The maximum absolute atomic E-state index is 12.1. The van der Waals surface area contributed by atoms with E-state index in [1.54, 1.807) is 18.9 Å². The predicted octanol–water partition coefficient (Wildman–Crippen LogP) is 3.26. The molecule has 0 bridgehead atoms. The third kappa shape index (κ3) is 3.31. The van der Waals surface area contributed by atoms with Crippen molar-refractivity contribution in [2.45, 2.75) is 18.7 Å². The van der Waals surface area contributed by atoms with Crippen molar-refractivity contribution in [3.8, 4) is 5.69 Å². The first-order valence-corrected chi connectivity index (χ1v) is 8.95. The summed E-state index contributed by atoms with van der Waals surface area (Å²) in [6, 6.07) is 10.5. The number of hydrogen-bond acceptors (Lipinski definition) is 3. The predicted molar refractivity (Wildman–Crippen MR) is 93.9 cm³/mol. The Labute approximate surface area is 141 Å². The third-order valence-corrected chi connectivity index (χ3v) is 5.41. The van der Waals surface area contributed by atoms with Crippen LogP contribution in [0.5, 0.6) is 0 Å². The maximum atomic E-state index is 12.1. The molecule has 4 nitrogen and oxygen atoms in total. The zero-order valence-corrected chi connectivity index (χ0v) is 14.4. The molecule has 0 N–H and O–H groups in total. The quantitative estimate of drug-likeness (QED) is 0.815. The van der Waals surface area contributed by atoms with Gasteiger partial charge < -0.3 is 14.2 Å². The molecule has 3 rings (SSSR count). The highest BCUT2D eigenvalue weighted by molar-refractivity contribution is 8.00. The van der Waals surface area contributed by atoms with E-state index in [9.17, 15) is 4.79 Å². The first-order chi connectivity index (χ1) is 11.2. The second-order valence-electron chi connectivity index (χ2n) is 5.58. The van der Waals surface area contributed by atoms with Gasteiger partial charge in [0.1, 0.15) is 5.37 Å². The zero-order chi connectivity index (χ0) is 16.2. The molecule has 2 aromatic rings. The summed E-state index contributed by atoms with van der Waals surface area (Å²) in [5.41, 5.74) is 3.70. The lowest BCUT2D eigenvalue weighted by Crippen LogP contribution is -2.31. The number of carbonyl (C=O) groups is 1. The molecule has 23 heavy (non-hydrogen) atoms. The molecule has 0 saturated carbocycles. The Bertz CT molecular complexity index is 683. The normalized spacial score (nSPS) is 17.9. The Kier molecular flexibility index (Phi) is 5.08. The van der Waals surface area contributed by atoms with Crippen LogP contribution in [0.2, 0.25) is 0 Å². The van der Waals surface area contributed by atoms with Crippen molar-refractivity contribution in [1.29, 1.82) is 0 Å². The molecule has 122 valence electrons. The van der Waals surface area contributed by atoms with Crippen LogP contribution in [0.3, 0.4) is 0 Å². The van der Waals surface area contributed by atoms with Crippen LogP contribution in [0, 0.1) is 0 Å². The minimum Gasteiger partial charge on any atom is -0.383 e. The van der Waals surface area contributed by atoms with Gasteiger partial charge in [0.2, 0.25) is 5.91 Å². The summed E-state index contributed by atoms with van der Waals surface area (Å²) in [6.45, 7) is 3.38. The van der Waals surface area contributed by atoms with E-state index < -0.39 is 0 Å². The van der Waals surface area contributed by atoms with Crippen LogP contribution >= 0.6 is 11.8 Å². The molecule has 1 amide bonds. The average molecular weight is 330 g/mol. The van der Waals surface area contributed by atoms with Gasteiger partial charge >= 0.3 is 0 Å². The van der Waals surface area contributed by atoms with Gasteiger partial charge in [-0.05, 0) is 24.1 Å². The van der Waals surface area contributed by atoms with Crippen molar-refractivity contribution in [2.24, 2.45) is 0 Å². The van der Waals surface area contributed by atoms with E-state index in [0.717, 1.165) is 6.42 Å². The number of thioether (sulfide) groups is 1. The Balaban J connectivity index is 1.85. The van der Waals surface area contributed by atoms with Gasteiger partial charge in [0.05, 0.1) is 12.4 Å². The smallest absolute Gasteiger partial charge is 0.233 e. The molecule has 1 aliphatic heterocycles. The number of methoxy groups -OCH3 is 1. The number of amides is 1. The molecule has 0 spiro atoms. The van der Waals surface area contributed by atoms with Crippen molar-refractivity contribution < 1.29 is 9.53 Å². The molecule has 1 atom stereocenters. The maximum Gasteiger partial charge on any atom is 0.233 e. The highest BCUT2D eigenvalue weighted by Crippen LogP contribution is 2.38. The van der Waals surface area contributed by atoms with Gasteiger partial charge in [-0.25, -0.2) is 0 Å². The van der Waals surface area contributed by atoms with E-state index in [2.05, 4.69) is 54.2 Å². The summed E-state index contributed by atoms with van der Waals surface area (Å²) in [5.74, 6) is 0.740. The van der Waals surface area contributed by atoms with Crippen LogP contribution in [-0.2, 0) is 16.0 Å². The fourth-order valence-corrected chi connectivity index (χ4v) is 4.13. The fraction of sp³-hybridized carbons (Fsp3) is 0.389. The van der Waals surface area contributed by atoms with Crippen molar-refractivity contribution in [3.63, 3.8) is 0 Å². The van der Waals surface area contributed by atoms with Crippen LogP contribution < -0.4 is 0 Å². The second kappa shape index (κ2) is 7.23. The Morgan fingerprint density at radius 3 is 2.91 bits per heavy atom. The van der Waals surface area contributed by atoms with E-state index in [0.29, 0.717) is 18.9 Å². The minimum absolute atomic E-state index is 0.0905. The average Bonchev–Trinajstić information content (AvgIpc) is 3.19. The van der Waals surface area contributed by atoms with E-state index in [1.165, 1.54) is 16.8 Å². The summed E-state index contributed by atoms with van der Waals surface area (Å²) in [5, 5.41) is 0.0905. The number of para-hydroxylation sites is 1. The number of aromatic nitrogens is 1. The van der Waals surface area contributed by atoms with Gasteiger partial charge in [-0.15, -0.1) is 11.8 Å². The highest BCUT2D eigenvalue weighted by Gasteiger charge is 2.32. The lowest BCUT2D eigenvalue weighted by molar-refractivity contribution is -0.128. The van der Waals surface area contributed by atoms with E-state index in [-0.39, 0.29) is 11.3 Å². The molecule has 1 fully saturated rings. The summed E-state index contributed by atoms with van der Waals surface area (Å²) >= 11 is 1.69. The number of hydrogen-bond donors (Lipinski definition) is 0. The van der Waals surface area contributed by atoms with Crippen molar-refractivity contribution >= 4 is 17.7 Å². The number of rotatable bonds is 6. The molecule has 0 radical (unpaired) electrons. The van der Waals surface area contributed by atoms with Gasteiger partial charge in [-0.1, -0.05) is 25.1 Å². The summed E-state index contributed by atoms with van der Waals surface area (Å²) in [6.07, 6.45) is 5.23. The Hall–Kier alpha value is -1.72. The second-order valence-corrected chi connectivity index (χ2v) is 6.65. The minimum atomic E-state index is 0.0905. The standard InChI is InChI=1S/C18H22N2O2S/c1-3-14-6-4-5-7-16(14)19-9-8-15(12-19)18-20(10-11-22-2)17(21)13-23-18/h4-9,12,18H,3,10-11,13H2,1-2H3/t18-/m1/s1. The monoisotopic (exact) mass is 330 g/mol. The lowest BCUT2D eigenvalue weighted by atomic mass is 10.1. The molecule has 0 unspecified atom stereocenters. The molecule has 1 aromatic carbocycles. The SMILES string of the molecule is CCc1ccccc1-n1ccc([C@H]2SCC(=O)N2CCOC)c1. The van der Waals surface area contributed by atoms with Crippen molar-refractivity contribution in [3.05, 3.63) is 53.9 Å². The molecular weight excluding hydrogens is 308 g/mol. The number of carbonyl (C=O) groups excluding carboxylic acids is 1. The molecule has 1 aromatic heterocycles. The van der Waals surface area contributed by atoms with Crippen molar-refractivity contribution in [1.82, 2.24) is 9.47 Å². The third-order valence-electron chi connectivity index (χ3n) is 4.16. The molecular formula is C18H22N2O2S. The fourth-order valence-electron chi connectivity index (χ4n) is 2.93. The van der Waals surface area contributed by atoms with Gasteiger partial charge in [-0.3, -0.25) is 4.79 Å². The largest absolute Gasteiger partial charge is 0.383 e. The summed E-state index contributed by atoms with van der Waals surface area (Å²) in [4.78, 5) is 14.0. The number of aryl methyl sites for hydroxylation is 1.